The molecule has 0 aromatic heterocycles. The molecule has 1 radical (unpaired) electrons. The maximum absolute atomic E-state index is 9.89. The normalized spacial score (nSPS) is 10.1. The van der Waals surface area contributed by atoms with E-state index >= 15 is 0 Å². The highest BCUT2D eigenvalue weighted by Gasteiger charge is 1.99. The molecule has 97 valence electrons. The van der Waals surface area contributed by atoms with Crippen molar-refractivity contribution >= 4 is 6.47 Å². The molecule has 0 amide bonds. The van der Waals surface area contributed by atoms with Crippen LogP contribution in [-0.2, 0) is 16.0 Å². The first kappa shape index (κ1) is 13.3. The van der Waals surface area contributed by atoms with Gasteiger partial charge in [0, 0.05) is 0 Å². The molecule has 0 aliphatic carbocycles. The average molecular weight is 253 g/mol. The van der Waals surface area contributed by atoms with Crippen molar-refractivity contribution in [2.24, 2.45) is 0 Å². The Morgan fingerprint density at radius 3 is 2.47 bits per heavy atom. The SMILES string of the molecule is O=[C]OCCCCc1cccc(-c2ccccc2)c1. The molecule has 0 spiro atoms. The van der Waals surface area contributed by atoms with Crippen molar-refractivity contribution in [2.75, 3.05) is 6.61 Å². The minimum absolute atomic E-state index is 0.460. The summed E-state index contributed by atoms with van der Waals surface area (Å²) in [6.45, 7) is 1.91. The predicted molar refractivity (Wildman–Crippen MR) is 76.5 cm³/mol. The van der Waals surface area contributed by atoms with Crippen molar-refractivity contribution < 1.29 is 9.53 Å². The predicted octanol–water partition coefficient (Wildman–Crippen LogP) is 3.76. The molecule has 0 aliphatic heterocycles. The third-order valence-corrected chi connectivity index (χ3v) is 3.05. The molecule has 0 atom stereocenters. The van der Waals surface area contributed by atoms with Crippen LogP contribution < -0.4 is 0 Å². The molecule has 2 aromatic rings. The smallest absolute Gasteiger partial charge is 0.417 e. The second-order valence-corrected chi connectivity index (χ2v) is 4.46. The highest BCUT2D eigenvalue weighted by molar-refractivity contribution is 5.63. The monoisotopic (exact) mass is 253 g/mol. The minimum Gasteiger partial charge on any atom is -0.457 e. The topological polar surface area (TPSA) is 26.3 Å². The Balaban J connectivity index is 1.94. The lowest BCUT2D eigenvalue weighted by molar-refractivity contribution is 0.270. The molecule has 19 heavy (non-hydrogen) atoms. The van der Waals surface area contributed by atoms with Crippen LogP contribution in [0, 0.1) is 0 Å². The van der Waals surface area contributed by atoms with E-state index in [4.69, 9.17) is 0 Å². The summed E-state index contributed by atoms with van der Waals surface area (Å²) in [5.74, 6) is 0. The number of hydrogen-bond acceptors (Lipinski definition) is 2. The van der Waals surface area contributed by atoms with Crippen molar-refractivity contribution in [1.29, 1.82) is 0 Å². The molecule has 0 saturated carbocycles. The summed E-state index contributed by atoms with van der Waals surface area (Å²) >= 11 is 0. The van der Waals surface area contributed by atoms with E-state index in [9.17, 15) is 4.79 Å². The number of ether oxygens (including phenoxy) is 1. The van der Waals surface area contributed by atoms with E-state index in [-0.39, 0.29) is 0 Å². The Bertz CT molecular complexity index is 506. The second-order valence-electron chi connectivity index (χ2n) is 4.46. The molecule has 0 saturated heterocycles. The zero-order valence-electron chi connectivity index (χ0n) is 10.8. The first-order valence-corrected chi connectivity index (χ1v) is 6.53. The van der Waals surface area contributed by atoms with Crippen molar-refractivity contribution in [1.82, 2.24) is 0 Å². The number of unbranched alkanes of at least 4 members (excludes halogenated alkanes) is 1. The molecular formula is C17H17O2. The van der Waals surface area contributed by atoms with Crippen LogP contribution in [0.5, 0.6) is 0 Å². The molecule has 0 heterocycles. The zero-order chi connectivity index (χ0) is 13.3. The summed E-state index contributed by atoms with van der Waals surface area (Å²) in [6, 6.07) is 18.9. The Kier molecular flexibility index (Phi) is 5.17. The molecule has 0 fully saturated rings. The van der Waals surface area contributed by atoms with Crippen LogP contribution in [0.15, 0.2) is 54.6 Å². The quantitative estimate of drug-likeness (QED) is 0.702. The Labute approximate surface area is 114 Å². The lowest BCUT2D eigenvalue weighted by atomic mass is 10.0. The summed E-state index contributed by atoms with van der Waals surface area (Å²) in [7, 11) is 0. The molecule has 2 heteroatoms. The lowest BCUT2D eigenvalue weighted by Crippen LogP contribution is -1.93. The second kappa shape index (κ2) is 7.37. The van der Waals surface area contributed by atoms with Gasteiger partial charge in [0.05, 0.1) is 6.61 Å². The van der Waals surface area contributed by atoms with Gasteiger partial charge in [-0.1, -0.05) is 54.6 Å². The highest BCUT2D eigenvalue weighted by atomic mass is 16.5. The van der Waals surface area contributed by atoms with E-state index in [1.807, 2.05) is 6.07 Å². The molecule has 2 rings (SSSR count). The third kappa shape index (κ3) is 4.25. The third-order valence-electron chi connectivity index (χ3n) is 3.05. The summed E-state index contributed by atoms with van der Waals surface area (Å²) in [6.07, 6.45) is 2.90. The number of benzene rings is 2. The van der Waals surface area contributed by atoms with Gasteiger partial charge in [0.15, 0.2) is 0 Å². The van der Waals surface area contributed by atoms with Crippen LogP contribution in [0.2, 0.25) is 0 Å². The first-order chi connectivity index (χ1) is 9.40. The van der Waals surface area contributed by atoms with E-state index in [0.29, 0.717) is 6.61 Å². The first-order valence-electron chi connectivity index (χ1n) is 6.53. The van der Waals surface area contributed by atoms with Gasteiger partial charge < -0.3 is 4.74 Å². The van der Waals surface area contributed by atoms with E-state index in [1.165, 1.54) is 23.2 Å². The molecule has 0 bridgehead atoms. The van der Waals surface area contributed by atoms with Crippen molar-refractivity contribution in [3.63, 3.8) is 0 Å². The van der Waals surface area contributed by atoms with Gasteiger partial charge in [0.25, 0.3) is 0 Å². The Morgan fingerprint density at radius 2 is 1.68 bits per heavy atom. The average Bonchev–Trinajstić information content (AvgIpc) is 2.48. The summed E-state index contributed by atoms with van der Waals surface area (Å²) in [5.41, 5.74) is 3.80. The molecular weight excluding hydrogens is 236 g/mol. The summed E-state index contributed by atoms with van der Waals surface area (Å²) in [4.78, 5) is 9.89. The maximum Gasteiger partial charge on any atom is 0.417 e. The molecule has 0 aliphatic rings. The fourth-order valence-electron chi connectivity index (χ4n) is 2.08. The van der Waals surface area contributed by atoms with Crippen LogP contribution in [-0.4, -0.2) is 13.1 Å². The lowest BCUT2D eigenvalue weighted by Gasteiger charge is -2.05. The molecule has 2 aromatic carbocycles. The fraction of sp³-hybridized carbons (Fsp3) is 0.235. The Morgan fingerprint density at radius 1 is 0.895 bits per heavy atom. The number of hydrogen-bond donors (Lipinski definition) is 0. The fourth-order valence-corrected chi connectivity index (χ4v) is 2.08. The van der Waals surface area contributed by atoms with Crippen LogP contribution in [0.1, 0.15) is 18.4 Å². The van der Waals surface area contributed by atoms with E-state index in [2.05, 4.69) is 53.3 Å². The van der Waals surface area contributed by atoms with E-state index in [0.717, 1.165) is 19.3 Å². The van der Waals surface area contributed by atoms with Gasteiger partial charge in [-0.25, -0.2) is 4.79 Å². The molecule has 2 nitrogen and oxygen atoms in total. The van der Waals surface area contributed by atoms with Crippen LogP contribution in [0.4, 0.5) is 0 Å². The summed E-state index contributed by atoms with van der Waals surface area (Å²) < 4.78 is 4.56. The van der Waals surface area contributed by atoms with Crippen molar-refractivity contribution in [3.05, 3.63) is 60.2 Å². The number of aryl methyl sites for hydroxylation is 1. The van der Waals surface area contributed by atoms with Crippen LogP contribution in [0.25, 0.3) is 11.1 Å². The van der Waals surface area contributed by atoms with Gasteiger partial charge in [0.1, 0.15) is 0 Å². The van der Waals surface area contributed by atoms with Crippen LogP contribution >= 0.6 is 0 Å². The highest BCUT2D eigenvalue weighted by Crippen LogP contribution is 2.20. The minimum atomic E-state index is 0.460. The van der Waals surface area contributed by atoms with Gasteiger partial charge in [0.2, 0.25) is 0 Å². The molecule has 0 N–H and O–H groups in total. The van der Waals surface area contributed by atoms with E-state index in [1.54, 1.807) is 0 Å². The standard InChI is InChI=1S/C17H17O2/c18-14-19-12-5-4-7-15-8-6-11-17(13-15)16-9-2-1-3-10-16/h1-3,6,8-11,13H,4-5,7,12H2. The van der Waals surface area contributed by atoms with Crippen LogP contribution in [0.3, 0.4) is 0 Å². The number of rotatable bonds is 7. The summed E-state index contributed by atoms with van der Waals surface area (Å²) in [5, 5.41) is 0. The van der Waals surface area contributed by atoms with E-state index < -0.39 is 0 Å². The van der Waals surface area contributed by atoms with Gasteiger partial charge >= 0.3 is 6.47 Å². The zero-order valence-corrected chi connectivity index (χ0v) is 10.8. The van der Waals surface area contributed by atoms with Crippen molar-refractivity contribution in [2.45, 2.75) is 19.3 Å². The molecule has 0 unspecified atom stereocenters. The van der Waals surface area contributed by atoms with Gasteiger partial charge in [-0.2, -0.15) is 0 Å². The number of carbonyl (C=O) groups excluding carboxylic acids is 1. The van der Waals surface area contributed by atoms with Gasteiger partial charge in [-0.15, -0.1) is 0 Å². The Hall–Kier alpha value is -2.09. The van der Waals surface area contributed by atoms with Crippen molar-refractivity contribution in [3.8, 4) is 11.1 Å². The largest absolute Gasteiger partial charge is 0.457 e. The van der Waals surface area contributed by atoms with Gasteiger partial charge in [-0.05, 0) is 36.0 Å². The van der Waals surface area contributed by atoms with Gasteiger partial charge in [-0.3, -0.25) is 0 Å². The maximum atomic E-state index is 9.89.